The summed E-state index contributed by atoms with van der Waals surface area (Å²) in [6, 6.07) is 8.72. The van der Waals surface area contributed by atoms with Crippen LogP contribution in [0.5, 0.6) is 0 Å². The van der Waals surface area contributed by atoms with Crippen molar-refractivity contribution in [2.75, 3.05) is 0 Å². The lowest BCUT2D eigenvalue weighted by molar-refractivity contribution is 0.362. The molecule has 1 saturated carbocycles. The molecule has 0 aliphatic heterocycles. The van der Waals surface area contributed by atoms with Crippen molar-refractivity contribution in [2.45, 2.75) is 45.4 Å². The van der Waals surface area contributed by atoms with Gasteiger partial charge < -0.3 is 0 Å². The summed E-state index contributed by atoms with van der Waals surface area (Å²) in [6.07, 6.45) is 13.2. The van der Waals surface area contributed by atoms with E-state index in [0.717, 1.165) is 5.92 Å². The van der Waals surface area contributed by atoms with Crippen LogP contribution in [0.25, 0.3) is 6.08 Å². The molecule has 86 valence electrons. The Hall–Kier alpha value is -1.04. The van der Waals surface area contributed by atoms with E-state index in [0.29, 0.717) is 0 Å². The molecule has 0 amide bonds. The Morgan fingerprint density at radius 1 is 1.19 bits per heavy atom. The van der Waals surface area contributed by atoms with Crippen molar-refractivity contribution < 1.29 is 0 Å². The molecule has 1 aromatic carbocycles. The van der Waals surface area contributed by atoms with E-state index in [9.17, 15) is 0 Å². The van der Waals surface area contributed by atoms with Crippen LogP contribution in [0.15, 0.2) is 30.3 Å². The predicted octanol–water partition coefficient (Wildman–Crippen LogP) is 4.98. The number of hydrogen-bond acceptors (Lipinski definition) is 0. The highest BCUT2D eigenvalue weighted by atomic mass is 14.2. The first-order chi connectivity index (χ1) is 7.84. The highest BCUT2D eigenvalue weighted by Gasteiger charge is 2.10. The summed E-state index contributed by atoms with van der Waals surface area (Å²) in [5.41, 5.74) is 2.69. The van der Waals surface area contributed by atoms with Crippen LogP contribution in [0.3, 0.4) is 0 Å². The van der Waals surface area contributed by atoms with E-state index in [-0.39, 0.29) is 0 Å². The van der Waals surface area contributed by atoms with E-state index in [1.165, 1.54) is 49.7 Å². The van der Waals surface area contributed by atoms with Gasteiger partial charge in [-0.15, -0.1) is 0 Å². The minimum absolute atomic E-state index is 0.954. The Labute approximate surface area is 99.4 Å². The Balaban J connectivity index is 1.84. The molecule has 1 aliphatic carbocycles. The Morgan fingerprint density at radius 3 is 2.75 bits per heavy atom. The predicted molar refractivity (Wildman–Crippen MR) is 71.4 cm³/mol. The second kappa shape index (κ2) is 5.89. The number of allylic oxidation sites excluding steroid dienone is 1. The van der Waals surface area contributed by atoms with Gasteiger partial charge in [0.05, 0.1) is 0 Å². The summed E-state index contributed by atoms with van der Waals surface area (Å²) in [6.45, 7) is 2.15. The van der Waals surface area contributed by atoms with E-state index < -0.39 is 0 Å². The lowest BCUT2D eigenvalue weighted by Gasteiger charge is -2.19. The zero-order chi connectivity index (χ0) is 11.2. The van der Waals surface area contributed by atoms with E-state index >= 15 is 0 Å². The fourth-order valence-corrected chi connectivity index (χ4v) is 2.59. The molecule has 2 rings (SSSR count). The van der Waals surface area contributed by atoms with Crippen molar-refractivity contribution >= 4 is 6.08 Å². The van der Waals surface area contributed by atoms with Gasteiger partial charge in [0.2, 0.25) is 0 Å². The van der Waals surface area contributed by atoms with Gasteiger partial charge in [0.15, 0.2) is 0 Å². The van der Waals surface area contributed by atoms with Crippen molar-refractivity contribution in [1.82, 2.24) is 0 Å². The van der Waals surface area contributed by atoms with E-state index in [4.69, 9.17) is 0 Å². The Kier molecular flexibility index (Phi) is 4.21. The minimum atomic E-state index is 0.954. The molecule has 1 aliphatic rings. The highest BCUT2D eigenvalue weighted by Crippen LogP contribution is 2.26. The molecule has 0 unspecified atom stereocenters. The molecule has 0 N–H and O–H groups in total. The summed E-state index contributed by atoms with van der Waals surface area (Å²) in [5, 5.41) is 0. The van der Waals surface area contributed by atoms with E-state index in [2.05, 4.69) is 43.3 Å². The molecule has 0 saturated heterocycles. The summed E-state index contributed by atoms with van der Waals surface area (Å²) >= 11 is 0. The van der Waals surface area contributed by atoms with Gasteiger partial charge in [0.1, 0.15) is 0 Å². The van der Waals surface area contributed by atoms with Gasteiger partial charge in [-0.3, -0.25) is 0 Å². The quantitative estimate of drug-likeness (QED) is 0.665. The molecule has 0 aromatic heterocycles. The van der Waals surface area contributed by atoms with Crippen LogP contribution in [0.1, 0.15) is 49.7 Å². The van der Waals surface area contributed by atoms with Gasteiger partial charge >= 0.3 is 0 Å². The summed E-state index contributed by atoms with van der Waals surface area (Å²) in [4.78, 5) is 0. The average molecular weight is 214 g/mol. The third kappa shape index (κ3) is 3.52. The zero-order valence-corrected chi connectivity index (χ0v) is 10.3. The topological polar surface area (TPSA) is 0 Å². The molecular formula is C16H22. The van der Waals surface area contributed by atoms with Gasteiger partial charge in [-0.1, -0.05) is 74.1 Å². The second-order valence-electron chi connectivity index (χ2n) is 5.06. The van der Waals surface area contributed by atoms with Crippen molar-refractivity contribution in [2.24, 2.45) is 5.92 Å². The molecule has 0 bridgehead atoms. The molecular weight excluding hydrogens is 192 g/mol. The maximum Gasteiger partial charge on any atom is -0.0257 e. The van der Waals surface area contributed by atoms with Crippen LogP contribution in [0.4, 0.5) is 0 Å². The van der Waals surface area contributed by atoms with Crippen LogP contribution in [0, 0.1) is 12.8 Å². The van der Waals surface area contributed by atoms with Gasteiger partial charge in [-0.25, -0.2) is 0 Å². The first-order valence-corrected chi connectivity index (χ1v) is 6.58. The van der Waals surface area contributed by atoms with Gasteiger partial charge in [-0.2, -0.15) is 0 Å². The smallest absolute Gasteiger partial charge is 0.0257 e. The van der Waals surface area contributed by atoms with E-state index in [1.807, 2.05) is 0 Å². The normalized spacial score (nSPS) is 18.1. The monoisotopic (exact) mass is 214 g/mol. The molecule has 1 aromatic rings. The molecule has 16 heavy (non-hydrogen) atoms. The highest BCUT2D eigenvalue weighted by molar-refractivity contribution is 5.50. The first kappa shape index (κ1) is 11.4. The molecule has 0 nitrogen and oxygen atoms in total. The number of aryl methyl sites for hydroxylation is 1. The van der Waals surface area contributed by atoms with Crippen molar-refractivity contribution in [3.63, 3.8) is 0 Å². The largest absolute Gasteiger partial charge is 0.0837 e. The fourth-order valence-electron chi connectivity index (χ4n) is 2.59. The number of rotatable bonds is 3. The van der Waals surface area contributed by atoms with Crippen LogP contribution in [0.2, 0.25) is 0 Å². The summed E-state index contributed by atoms with van der Waals surface area (Å²) in [7, 11) is 0. The van der Waals surface area contributed by atoms with Crippen LogP contribution in [-0.4, -0.2) is 0 Å². The third-order valence-electron chi connectivity index (χ3n) is 3.55. The second-order valence-corrected chi connectivity index (χ2v) is 5.06. The van der Waals surface area contributed by atoms with Crippen molar-refractivity contribution in [3.8, 4) is 0 Å². The first-order valence-electron chi connectivity index (χ1n) is 6.58. The number of benzene rings is 1. The standard InChI is InChI=1S/C16H22/c1-14-7-5-11-16(13-14)12-6-10-15-8-3-2-4-9-15/h5-7,11-13,15H,2-4,8-10H2,1H3. The molecule has 1 fully saturated rings. The molecule has 0 heteroatoms. The number of hydrogen-bond donors (Lipinski definition) is 0. The zero-order valence-electron chi connectivity index (χ0n) is 10.3. The molecule has 0 radical (unpaired) electrons. The summed E-state index contributed by atoms with van der Waals surface area (Å²) < 4.78 is 0. The van der Waals surface area contributed by atoms with Crippen molar-refractivity contribution in [3.05, 3.63) is 41.5 Å². The maximum absolute atomic E-state index is 2.37. The van der Waals surface area contributed by atoms with Gasteiger partial charge in [0, 0.05) is 0 Å². The fraction of sp³-hybridized carbons (Fsp3) is 0.500. The van der Waals surface area contributed by atoms with Crippen LogP contribution >= 0.6 is 0 Å². The third-order valence-corrected chi connectivity index (χ3v) is 3.55. The molecule has 0 heterocycles. The minimum Gasteiger partial charge on any atom is -0.0837 e. The molecule has 0 spiro atoms. The van der Waals surface area contributed by atoms with Crippen LogP contribution < -0.4 is 0 Å². The maximum atomic E-state index is 2.37. The Morgan fingerprint density at radius 2 is 2.00 bits per heavy atom. The average Bonchev–Trinajstić information content (AvgIpc) is 2.30. The summed E-state index contributed by atoms with van der Waals surface area (Å²) in [5.74, 6) is 0.954. The van der Waals surface area contributed by atoms with Crippen LogP contribution in [-0.2, 0) is 0 Å². The lowest BCUT2D eigenvalue weighted by Crippen LogP contribution is -2.04. The van der Waals surface area contributed by atoms with Gasteiger partial charge in [0.25, 0.3) is 0 Å². The van der Waals surface area contributed by atoms with E-state index in [1.54, 1.807) is 0 Å². The Bertz CT molecular complexity index is 343. The molecule has 0 atom stereocenters. The SMILES string of the molecule is Cc1cccc(C=CCC2CCCCC2)c1. The van der Waals surface area contributed by atoms with Crippen molar-refractivity contribution in [1.29, 1.82) is 0 Å². The lowest BCUT2D eigenvalue weighted by atomic mass is 9.87. The van der Waals surface area contributed by atoms with Gasteiger partial charge in [-0.05, 0) is 24.8 Å².